The molecule has 4 nitrogen and oxygen atoms in total. The van der Waals surface area contributed by atoms with Gasteiger partial charge in [0.1, 0.15) is 11.5 Å². The van der Waals surface area contributed by atoms with E-state index in [1.165, 1.54) is 0 Å². The van der Waals surface area contributed by atoms with Crippen LogP contribution in [0.3, 0.4) is 0 Å². The highest BCUT2D eigenvalue weighted by Crippen LogP contribution is 2.35. The summed E-state index contributed by atoms with van der Waals surface area (Å²) >= 11 is 0. The van der Waals surface area contributed by atoms with E-state index in [1.807, 2.05) is 53.4 Å². The van der Waals surface area contributed by atoms with Gasteiger partial charge in [-0.15, -0.1) is 0 Å². The molecule has 2 aliphatic heterocycles. The predicted octanol–water partition coefficient (Wildman–Crippen LogP) is 4.35. The number of ether oxygens (including phenoxy) is 2. The Morgan fingerprint density at radius 1 is 1.19 bits per heavy atom. The third kappa shape index (κ3) is 3.10. The van der Waals surface area contributed by atoms with Crippen molar-refractivity contribution in [1.29, 1.82) is 0 Å². The lowest BCUT2D eigenvalue weighted by molar-refractivity contribution is -0.127. The van der Waals surface area contributed by atoms with Crippen LogP contribution < -0.4 is 9.47 Å². The van der Waals surface area contributed by atoms with Gasteiger partial charge in [0.2, 0.25) is 0 Å². The number of carbonyl (C=O) groups excluding carboxylic acids is 1. The molecular formula is C22H21NO3. The second kappa shape index (κ2) is 7.08. The second-order valence-electron chi connectivity index (χ2n) is 6.49. The smallest absolute Gasteiger partial charge is 0.254 e. The third-order valence-electron chi connectivity index (χ3n) is 4.91. The van der Waals surface area contributed by atoms with Crippen LogP contribution in [0.5, 0.6) is 11.5 Å². The number of nitrogens with zero attached hydrogens (tertiary/aromatic N) is 1. The van der Waals surface area contributed by atoms with Crippen LogP contribution in [0.15, 0.2) is 66.4 Å². The zero-order valence-electron chi connectivity index (χ0n) is 14.7. The Balaban J connectivity index is 1.64. The van der Waals surface area contributed by atoms with Crippen molar-refractivity contribution in [3.63, 3.8) is 0 Å². The Bertz CT molecular complexity index is 884. The number of fused-ring (bicyclic) bond motifs is 1. The number of hydrogen-bond acceptors (Lipinski definition) is 3. The van der Waals surface area contributed by atoms with Gasteiger partial charge in [0.15, 0.2) is 0 Å². The van der Waals surface area contributed by atoms with Gasteiger partial charge < -0.3 is 14.4 Å². The van der Waals surface area contributed by atoms with E-state index >= 15 is 0 Å². The first-order valence-corrected chi connectivity index (χ1v) is 8.85. The summed E-state index contributed by atoms with van der Waals surface area (Å²) < 4.78 is 11.0. The molecule has 1 fully saturated rings. The molecule has 0 saturated carbocycles. The SMILES string of the molecule is COc1cccc([C@H]2CCCN2C(=O)C2=Cc3ccccc3OC=C2)c1. The Morgan fingerprint density at radius 3 is 2.96 bits per heavy atom. The monoisotopic (exact) mass is 347 g/mol. The molecule has 1 amide bonds. The van der Waals surface area contributed by atoms with Gasteiger partial charge in [0.05, 0.1) is 19.4 Å². The first-order chi connectivity index (χ1) is 12.8. The van der Waals surface area contributed by atoms with Crippen molar-refractivity contribution in [1.82, 2.24) is 4.90 Å². The van der Waals surface area contributed by atoms with Crippen molar-refractivity contribution < 1.29 is 14.3 Å². The molecule has 132 valence electrons. The summed E-state index contributed by atoms with van der Waals surface area (Å²) in [4.78, 5) is 15.2. The first kappa shape index (κ1) is 16.5. The minimum atomic E-state index is 0.0341. The van der Waals surface area contributed by atoms with Crippen LogP contribution in [-0.4, -0.2) is 24.5 Å². The summed E-state index contributed by atoms with van der Waals surface area (Å²) in [5.41, 5.74) is 2.67. The summed E-state index contributed by atoms with van der Waals surface area (Å²) in [6.45, 7) is 0.758. The van der Waals surface area contributed by atoms with Crippen LogP contribution in [0.25, 0.3) is 6.08 Å². The van der Waals surface area contributed by atoms with Crippen LogP contribution in [0.1, 0.15) is 30.0 Å². The summed E-state index contributed by atoms with van der Waals surface area (Å²) in [7, 11) is 1.66. The lowest BCUT2D eigenvalue weighted by Crippen LogP contribution is -2.31. The van der Waals surface area contributed by atoms with Crippen LogP contribution in [0.4, 0.5) is 0 Å². The number of likely N-dealkylation sites (tertiary alicyclic amines) is 1. The molecule has 0 bridgehead atoms. The quantitative estimate of drug-likeness (QED) is 0.829. The number of benzene rings is 2. The van der Waals surface area contributed by atoms with Crippen molar-refractivity contribution in [3.8, 4) is 11.5 Å². The van der Waals surface area contributed by atoms with Crippen molar-refractivity contribution in [2.75, 3.05) is 13.7 Å². The van der Waals surface area contributed by atoms with Gasteiger partial charge in [0, 0.05) is 17.7 Å². The van der Waals surface area contributed by atoms with Gasteiger partial charge in [-0.2, -0.15) is 0 Å². The molecule has 26 heavy (non-hydrogen) atoms. The molecule has 2 heterocycles. The molecule has 4 rings (SSSR count). The first-order valence-electron chi connectivity index (χ1n) is 8.85. The van der Waals surface area contributed by atoms with Gasteiger partial charge in [0.25, 0.3) is 5.91 Å². The van der Waals surface area contributed by atoms with E-state index in [2.05, 4.69) is 6.07 Å². The Hall–Kier alpha value is -3.01. The molecule has 0 aliphatic carbocycles. The lowest BCUT2D eigenvalue weighted by atomic mass is 10.0. The minimum Gasteiger partial charge on any atom is -0.497 e. The van der Waals surface area contributed by atoms with Crippen LogP contribution in [0.2, 0.25) is 0 Å². The van der Waals surface area contributed by atoms with Gasteiger partial charge in [-0.05, 0) is 48.8 Å². The fourth-order valence-electron chi connectivity index (χ4n) is 3.61. The summed E-state index contributed by atoms with van der Waals surface area (Å²) in [5.74, 6) is 1.61. The van der Waals surface area contributed by atoms with E-state index < -0.39 is 0 Å². The number of methoxy groups -OCH3 is 1. The summed E-state index contributed by atoms with van der Waals surface area (Å²) in [6.07, 6.45) is 7.21. The Morgan fingerprint density at radius 2 is 2.08 bits per heavy atom. The van der Waals surface area contributed by atoms with Gasteiger partial charge in [-0.3, -0.25) is 4.79 Å². The normalized spacial score (nSPS) is 18.6. The van der Waals surface area contributed by atoms with Gasteiger partial charge in [-0.25, -0.2) is 0 Å². The molecule has 1 saturated heterocycles. The molecule has 0 spiro atoms. The fraction of sp³-hybridized carbons (Fsp3) is 0.227. The van der Waals surface area contributed by atoms with Gasteiger partial charge >= 0.3 is 0 Å². The molecule has 2 aliphatic rings. The van der Waals surface area contributed by atoms with E-state index in [0.717, 1.165) is 42.0 Å². The predicted molar refractivity (Wildman–Crippen MR) is 101 cm³/mol. The molecule has 0 radical (unpaired) electrons. The standard InChI is InChI=1S/C22H21NO3/c1-25-19-8-4-7-16(15-19)20-9-5-12-23(20)22(24)18-11-13-26-21-10-3-2-6-17(21)14-18/h2-4,6-8,10-11,13-15,20H,5,9,12H2,1H3/t20-/m1/s1. The second-order valence-corrected chi connectivity index (χ2v) is 6.49. The van der Waals surface area contributed by atoms with E-state index in [9.17, 15) is 4.79 Å². The molecular weight excluding hydrogens is 326 g/mol. The molecule has 2 aromatic rings. The van der Waals surface area contributed by atoms with Gasteiger partial charge in [-0.1, -0.05) is 30.3 Å². The van der Waals surface area contributed by atoms with E-state index in [-0.39, 0.29) is 11.9 Å². The summed E-state index contributed by atoms with van der Waals surface area (Å²) in [5, 5.41) is 0. The van der Waals surface area contributed by atoms with E-state index in [0.29, 0.717) is 5.57 Å². The fourth-order valence-corrected chi connectivity index (χ4v) is 3.61. The zero-order valence-corrected chi connectivity index (χ0v) is 14.7. The number of hydrogen-bond donors (Lipinski definition) is 0. The highest BCUT2D eigenvalue weighted by atomic mass is 16.5. The number of para-hydroxylation sites is 1. The third-order valence-corrected chi connectivity index (χ3v) is 4.91. The lowest BCUT2D eigenvalue weighted by Gasteiger charge is -2.25. The average Bonchev–Trinajstić information content (AvgIpc) is 3.07. The van der Waals surface area contributed by atoms with E-state index in [1.54, 1.807) is 19.4 Å². The molecule has 1 atom stereocenters. The maximum absolute atomic E-state index is 13.2. The number of amides is 1. The number of carbonyl (C=O) groups is 1. The van der Waals surface area contributed by atoms with Crippen LogP contribution in [0, 0.1) is 0 Å². The zero-order chi connectivity index (χ0) is 17.9. The maximum atomic E-state index is 13.2. The molecule has 2 aromatic carbocycles. The highest BCUT2D eigenvalue weighted by Gasteiger charge is 2.31. The molecule has 4 heteroatoms. The van der Waals surface area contributed by atoms with Crippen molar-refractivity contribution in [2.24, 2.45) is 0 Å². The van der Waals surface area contributed by atoms with E-state index in [4.69, 9.17) is 9.47 Å². The van der Waals surface area contributed by atoms with Crippen LogP contribution >= 0.6 is 0 Å². The maximum Gasteiger partial charge on any atom is 0.254 e. The Kier molecular flexibility index (Phi) is 4.48. The summed E-state index contributed by atoms with van der Waals surface area (Å²) in [6, 6.07) is 15.8. The topological polar surface area (TPSA) is 38.8 Å². The average molecular weight is 347 g/mol. The molecule has 0 aromatic heterocycles. The van der Waals surface area contributed by atoms with Crippen molar-refractivity contribution in [3.05, 3.63) is 77.6 Å². The molecule has 0 N–H and O–H groups in total. The minimum absolute atomic E-state index is 0.0341. The molecule has 0 unspecified atom stereocenters. The number of rotatable bonds is 3. The van der Waals surface area contributed by atoms with Crippen LogP contribution in [-0.2, 0) is 4.79 Å². The van der Waals surface area contributed by atoms with Crippen molar-refractivity contribution >= 4 is 12.0 Å². The largest absolute Gasteiger partial charge is 0.497 e. The highest BCUT2D eigenvalue weighted by molar-refractivity contribution is 6.01. The van der Waals surface area contributed by atoms with Crippen molar-refractivity contribution in [2.45, 2.75) is 18.9 Å². The Labute approximate surface area is 153 Å².